The standard InChI is InChI=1S/C12H15BrO2/c13-11-5-3-9(4-6-11)12(14)10-2-1-7-15-8-10/h3-6,10,12,14H,1-2,7-8H2. The Bertz CT molecular complexity index is 304. The summed E-state index contributed by atoms with van der Waals surface area (Å²) in [6.07, 6.45) is 1.72. The first-order valence-corrected chi connectivity index (χ1v) is 6.08. The van der Waals surface area contributed by atoms with Gasteiger partial charge in [-0.25, -0.2) is 0 Å². The van der Waals surface area contributed by atoms with Gasteiger partial charge in [-0.05, 0) is 30.5 Å². The van der Waals surface area contributed by atoms with Crippen molar-refractivity contribution in [3.63, 3.8) is 0 Å². The fraction of sp³-hybridized carbons (Fsp3) is 0.500. The zero-order valence-electron chi connectivity index (χ0n) is 8.53. The van der Waals surface area contributed by atoms with Crippen molar-refractivity contribution >= 4 is 15.9 Å². The molecule has 2 unspecified atom stereocenters. The number of hydrogen-bond donors (Lipinski definition) is 1. The van der Waals surface area contributed by atoms with Crippen LogP contribution < -0.4 is 0 Å². The largest absolute Gasteiger partial charge is 0.388 e. The topological polar surface area (TPSA) is 29.5 Å². The van der Waals surface area contributed by atoms with Crippen molar-refractivity contribution in [2.24, 2.45) is 5.92 Å². The molecule has 1 N–H and O–H groups in total. The van der Waals surface area contributed by atoms with E-state index in [2.05, 4.69) is 15.9 Å². The fourth-order valence-corrected chi connectivity index (χ4v) is 2.21. The van der Waals surface area contributed by atoms with Crippen molar-refractivity contribution in [3.8, 4) is 0 Å². The Kier molecular flexibility index (Phi) is 3.78. The highest BCUT2D eigenvalue weighted by Gasteiger charge is 2.23. The molecule has 1 aliphatic rings. The van der Waals surface area contributed by atoms with Gasteiger partial charge >= 0.3 is 0 Å². The third-order valence-corrected chi connectivity index (χ3v) is 3.38. The van der Waals surface area contributed by atoms with Crippen LogP contribution >= 0.6 is 15.9 Å². The lowest BCUT2D eigenvalue weighted by molar-refractivity contribution is -0.00996. The number of aliphatic hydroxyl groups is 1. The van der Waals surface area contributed by atoms with E-state index in [1.165, 1.54) is 0 Å². The van der Waals surface area contributed by atoms with Crippen LogP contribution in [0.2, 0.25) is 0 Å². The molecule has 15 heavy (non-hydrogen) atoms. The quantitative estimate of drug-likeness (QED) is 0.896. The van der Waals surface area contributed by atoms with Gasteiger partial charge in [-0.15, -0.1) is 0 Å². The molecule has 82 valence electrons. The van der Waals surface area contributed by atoms with Crippen molar-refractivity contribution in [3.05, 3.63) is 34.3 Å². The fourth-order valence-electron chi connectivity index (χ4n) is 1.95. The second-order valence-corrected chi connectivity index (χ2v) is 4.89. The summed E-state index contributed by atoms with van der Waals surface area (Å²) in [7, 11) is 0. The van der Waals surface area contributed by atoms with Crippen LogP contribution in [0.3, 0.4) is 0 Å². The monoisotopic (exact) mass is 270 g/mol. The van der Waals surface area contributed by atoms with Gasteiger partial charge in [-0.3, -0.25) is 0 Å². The second kappa shape index (κ2) is 5.10. The number of rotatable bonds is 2. The SMILES string of the molecule is OC(c1ccc(Br)cc1)C1CCCOC1. The first-order chi connectivity index (χ1) is 7.27. The van der Waals surface area contributed by atoms with E-state index in [1.54, 1.807) is 0 Å². The maximum absolute atomic E-state index is 10.1. The van der Waals surface area contributed by atoms with E-state index in [0.29, 0.717) is 6.61 Å². The van der Waals surface area contributed by atoms with E-state index in [4.69, 9.17) is 4.74 Å². The van der Waals surface area contributed by atoms with Crippen LogP contribution in [0.5, 0.6) is 0 Å². The van der Waals surface area contributed by atoms with E-state index in [9.17, 15) is 5.11 Å². The molecule has 2 nitrogen and oxygen atoms in total. The number of halogens is 1. The zero-order valence-corrected chi connectivity index (χ0v) is 10.1. The number of ether oxygens (including phenoxy) is 1. The smallest absolute Gasteiger partial charge is 0.0840 e. The molecular weight excluding hydrogens is 256 g/mol. The van der Waals surface area contributed by atoms with Gasteiger partial charge in [0.25, 0.3) is 0 Å². The molecule has 1 heterocycles. The molecule has 2 rings (SSSR count). The lowest BCUT2D eigenvalue weighted by atomic mass is 9.91. The molecule has 0 spiro atoms. The molecule has 0 bridgehead atoms. The lowest BCUT2D eigenvalue weighted by Crippen LogP contribution is -2.23. The number of benzene rings is 1. The minimum atomic E-state index is -0.390. The van der Waals surface area contributed by atoms with E-state index >= 15 is 0 Å². The van der Waals surface area contributed by atoms with Crippen LogP contribution in [0.25, 0.3) is 0 Å². The highest BCUT2D eigenvalue weighted by molar-refractivity contribution is 9.10. The van der Waals surface area contributed by atoms with Gasteiger partial charge < -0.3 is 9.84 Å². The van der Waals surface area contributed by atoms with Crippen LogP contribution in [-0.2, 0) is 4.74 Å². The first-order valence-electron chi connectivity index (χ1n) is 5.28. The molecule has 1 fully saturated rings. The van der Waals surface area contributed by atoms with Gasteiger partial charge in [-0.2, -0.15) is 0 Å². The molecule has 1 aromatic carbocycles. The van der Waals surface area contributed by atoms with E-state index in [0.717, 1.165) is 29.5 Å². The molecule has 0 amide bonds. The van der Waals surface area contributed by atoms with Crippen molar-refractivity contribution in [1.82, 2.24) is 0 Å². The molecule has 2 atom stereocenters. The van der Waals surface area contributed by atoms with Gasteiger partial charge in [0.05, 0.1) is 12.7 Å². The summed E-state index contributed by atoms with van der Waals surface area (Å²) < 4.78 is 6.42. The summed E-state index contributed by atoms with van der Waals surface area (Å²) in [5.74, 6) is 0.250. The third-order valence-electron chi connectivity index (χ3n) is 2.85. The van der Waals surface area contributed by atoms with E-state index in [-0.39, 0.29) is 5.92 Å². The van der Waals surface area contributed by atoms with Crippen LogP contribution in [0, 0.1) is 5.92 Å². The average molecular weight is 271 g/mol. The molecule has 3 heteroatoms. The predicted molar refractivity (Wildman–Crippen MR) is 62.6 cm³/mol. The molecule has 0 aliphatic carbocycles. The molecule has 1 aromatic rings. The maximum Gasteiger partial charge on any atom is 0.0840 e. The Morgan fingerprint density at radius 3 is 2.67 bits per heavy atom. The Labute approximate surface area is 98.4 Å². The van der Waals surface area contributed by atoms with E-state index in [1.807, 2.05) is 24.3 Å². The maximum atomic E-state index is 10.1. The van der Waals surface area contributed by atoms with Crippen LogP contribution in [0.1, 0.15) is 24.5 Å². The summed E-state index contributed by atoms with van der Waals surface area (Å²) in [5, 5.41) is 10.1. The van der Waals surface area contributed by atoms with Crippen molar-refractivity contribution in [2.75, 3.05) is 13.2 Å². The number of aliphatic hydroxyl groups excluding tert-OH is 1. The molecule has 0 saturated carbocycles. The van der Waals surface area contributed by atoms with Crippen molar-refractivity contribution in [1.29, 1.82) is 0 Å². The van der Waals surface area contributed by atoms with Gasteiger partial charge in [-0.1, -0.05) is 28.1 Å². The predicted octanol–water partition coefficient (Wildman–Crippen LogP) is 2.91. The molecule has 0 aromatic heterocycles. The second-order valence-electron chi connectivity index (χ2n) is 3.97. The van der Waals surface area contributed by atoms with Crippen LogP contribution in [0.4, 0.5) is 0 Å². The van der Waals surface area contributed by atoms with Gasteiger partial charge in [0, 0.05) is 17.0 Å². The van der Waals surface area contributed by atoms with Crippen molar-refractivity contribution < 1.29 is 9.84 Å². The molecule has 1 aliphatic heterocycles. The Balaban J connectivity index is 2.05. The highest BCUT2D eigenvalue weighted by Crippen LogP contribution is 2.29. The Morgan fingerprint density at radius 2 is 2.07 bits per heavy atom. The molecular formula is C12H15BrO2. The highest BCUT2D eigenvalue weighted by atomic mass is 79.9. The summed E-state index contributed by atoms with van der Waals surface area (Å²) >= 11 is 3.38. The summed E-state index contributed by atoms with van der Waals surface area (Å²) in [5.41, 5.74) is 0.980. The summed E-state index contributed by atoms with van der Waals surface area (Å²) in [6.45, 7) is 1.51. The Hall–Kier alpha value is -0.380. The first kappa shape index (κ1) is 11.1. The van der Waals surface area contributed by atoms with Gasteiger partial charge in [0.15, 0.2) is 0 Å². The van der Waals surface area contributed by atoms with Crippen LogP contribution in [-0.4, -0.2) is 18.3 Å². The van der Waals surface area contributed by atoms with E-state index < -0.39 is 6.10 Å². The van der Waals surface area contributed by atoms with Gasteiger partial charge in [0.1, 0.15) is 0 Å². The van der Waals surface area contributed by atoms with Crippen molar-refractivity contribution in [2.45, 2.75) is 18.9 Å². The van der Waals surface area contributed by atoms with Crippen LogP contribution in [0.15, 0.2) is 28.7 Å². The third kappa shape index (κ3) is 2.80. The minimum Gasteiger partial charge on any atom is -0.388 e. The lowest BCUT2D eigenvalue weighted by Gasteiger charge is -2.26. The summed E-state index contributed by atoms with van der Waals surface area (Å²) in [6, 6.07) is 7.84. The number of hydrogen-bond acceptors (Lipinski definition) is 2. The zero-order chi connectivity index (χ0) is 10.7. The summed E-state index contributed by atoms with van der Waals surface area (Å²) in [4.78, 5) is 0. The Morgan fingerprint density at radius 1 is 1.33 bits per heavy atom. The average Bonchev–Trinajstić information content (AvgIpc) is 2.30. The molecule has 1 saturated heterocycles. The molecule has 0 radical (unpaired) electrons. The normalized spacial score (nSPS) is 23.7. The van der Waals surface area contributed by atoms with Gasteiger partial charge in [0.2, 0.25) is 0 Å². The minimum absolute atomic E-state index is 0.250.